The maximum Gasteiger partial charge on any atom is 0.176 e. The molecule has 4 heteroatoms. The molecule has 0 aliphatic carbocycles. The van der Waals surface area contributed by atoms with Crippen LogP contribution in [0.5, 0.6) is 11.5 Å². The van der Waals surface area contributed by atoms with E-state index in [-0.39, 0.29) is 11.3 Å². The van der Waals surface area contributed by atoms with Gasteiger partial charge in [-0.2, -0.15) is 0 Å². The van der Waals surface area contributed by atoms with Gasteiger partial charge >= 0.3 is 0 Å². The van der Waals surface area contributed by atoms with Crippen LogP contribution < -0.4 is 9.47 Å². The molecule has 2 rings (SSSR count). The first-order valence-corrected chi connectivity index (χ1v) is 6.24. The quantitative estimate of drug-likeness (QED) is 0.878. The number of rotatable bonds is 4. The molecule has 1 N–H and O–H groups in total. The zero-order valence-corrected chi connectivity index (χ0v) is 11.8. The molecule has 0 saturated heterocycles. The van der Waals surface area contributed by atoms with Crippen LogP contribution in [0.3, 0.4) is 0 Å². The van der Waals surface area contributed by atoms with Crippen molar-refractivity contribution in [2.45, 2.75) is 5.60 Å². The summed E-state index contributed by atoms with van der Waals surface area (Å²) in [4.78, 5) is 0. The van der Waals surface area contributed by atoms with Gasteiger partial charge in [0.2, 0.25) is 0 Å². The highest BCUT2D eigenvalue weighted by Gasteiger charge is 2.30. The minimum atomic E-state index is -1.72. The molecule has 2 aromatic carbocycles. The summed E-state index contributed by atoms with van der Waals surface area (Å²) in [5.41, 5.74) is -1.01. The van der Waals surface area contributed by atoms with Crippen LogP contribution in [0.1, 0.15) is 11.1 Å². The second-order valence-corrected chi connectivity index (χ2v) is 4.43. The topological polar surface area (TPSA) is 38.7 Å². The summed E-state index contributed by atoms with van der Waals surface area (Å²) in [6.45, 7) is 0. The van der Waals surface area contributed by atoms with E-state index in [1.54, 1.807) is 31.4 Å². The highest BCUT2D eigenvalue weighted by atomic mass is 19.1. The van der Waals surface area contributed by atoms with Gasteiger partial charge in [0, 0.05) is 11.1 Å². The second-order valence-electron chi connectivity index (χ2n) is 4.43. The Bertz CT molecular complexity index is 673. The first-order chi connectivity index (χ1) is 10.0. The van der Waals surface area contributed by atoms with E-state index in [0.717, 1.165) is 0 Å². The number of ether oxygens (including phenoxy) is 2. The van der Waals surface area contributed by atoms with Crippen molar-refractivity contribution < 1.29 is 19.0 Å². The minimum absolute atomic E-state index is 0.0906. The van der Waals surface area contributed by atoms with Gasteiger partial charge in [-0.1, -0.05) is 24.1 Å². The lowest BCUT2D eigenvalue weighted by molar-refractivity contribution is 0.145. The summed E-state index contributed by atoms with van der Waals surface area (Å²) in [6, 6.07) is 10.8. The van der Waals surface area contributed by atoms with Crippen LogP contribution in [0.2, 0.25) is 0 Å². The van der Waals surface area contributed by atoms with Gasteiger partial charge in [0.1, 0.15) is 5.75 Å². The SMILES string of the molecule is C#CC(O)(c1ccc(OC)cc1)c1ccc(OC)c(F)c1. The van der Waals surface area contributed by atoms with Gasteiger partial charge < -0.3 is 14.6 Å². The first-order valence-electron chi connectivity index (χ1n) is 6.24. The van der Waals surface area contributed by atoms with Crippen LogP contribution in [0.15, 0.2) is 42.5 Å². The molecular formula is C17H15FO3. The summed E-state index contributed by atoms with van der Waals surface area (Å²) < 4.78 is 23.7. The summed E-state index contributed by atoms with van der Waals surface area (Å²) >= 11 is 0. The number of benzene rings is 2. The van der Waals surface area contributed by atoms with Crippen LogP contribution in [0.25, 0.3) is 0 Å². The van der Waals surface area contributed by atoms with E-state index in [2.05, 4.69) is 5.92 Å². The van der Waals surface area contributed by atoms with Crippen molar-refractivity contribution >= 4 is 0 Å². The molecular weight excluding hydrogens is 271 g/mol. The Labute approximate surface area is 122 Å². The third kappa shape index (κ3) is 2.69. The second kappa shape index (κ2) is 5.86. The van der Waals surface area contributed by atoms with E-state index in [4.69, 9.17) is 15.9 Å². The van der Waals surface area contributed by atoms with E-state index in [1.165, 1.54) is 25.3 Å². The fourth-order valence-corrected chi connectivity index (χ4v) is 2.06. The lowest BCUT2D eigenvalue weighted by Gasteiger charge is -2.24. The van der Waals surface area contributed by atoms with Crippen LogP contribution >= 0.6 is 0 Å². The average Bonchev–Trinajstić information content (AvgIpc) is 2.54. The van der Waals surface area contributed by atoms with Gasteiger partial charge in [0.15, 0.2) is 17.2 Å². The normalized spacial score (nSPS) is 13.1. The van der Waals surface area contributed by atoms with Crippen molar-refractivity contribution in [3.63, 3.8) is 0 Å². The minimum Gasteiger partial charge on any atom is -0.497 e. The Morgan fingerprint density at radius 1 is 1.05 bits per heavy atom. The highest BCUT2D eigenvalue weighted by Crippen LogP contribution is 2.32. The average molecular weight is 286 g/mol. The van der Waals surface area contributed by atoms with Gasteiger partial charge in [-0.05, 0) is 24.3 Å². The number of methoxy groups -OCH3 is 2. The third-order valence-electron chi connectivity index (χ3n) is 3.29. The summed E-state index contributed by atoms with van der Waals surface area (Å²) in [6.07, 6.45) is 5.48. The third-order valence-corrected chi connectivity index (χ3v) is 3.29. The van der Waals surface area contributed by atoms with Crippen molar-refractivity contribution in [2.24, 2.45) is 0 Å². The van der Waals surface area contributed by atoms with Crippen molar-refractivity contribution in [1.82, 2.24) is 0 Å². The molecule has 0 aliphatic heterocycles. The van der Waals surface area contributed by atoms with Gasteiger partial charge in [-0.25, -0.2) is 4.39 Å². The molecule has 0 amide bonds. The molecule has 0 spiro atoms. The van der Waals surface area contributed by atoms with Gasteiger partial charge in [-0.15, -0.1) is 6.42 Å². The number of halogens is 1. The fraction of sp³-hybridized carbons (Fsp3) is 0.176. The maximum absolute atomic E-state index is 13.8. The highest BCUT2D eigenvalue weighted by molar-refractivity contribution is 5.46. The smallest absolute Gasteiger partial charge is 0.176 e. The molecule has 0 heterocycles. The molecule has 1 unspecified atom stereocenters. The molecule has 3 nitrogen and oxygen atoms in total. The van der Waals surface area contributed by atoms with Crippen molar-refractivity contribution in [3.05, 3.63) is 59.4 Å². The molecule has 1 atom stereocenters. The van der Waals surface area contributed by atoms with E-state index in [0.29, 0.717) is 11.3 Å². The standard InChI is InChI=1S/C17H15FO3/c1-4-17(19,12-5-8-14(20-2)9-6-12)13-7-10-16(21-3)15(18)11-13/h1,5-11,19H,2-3H3. The molecule has 0 fully saturated rings. The number of hydrogen-bond acceptors (Lipinski definition) is 3. The summed E-state index contributed by atoms with van der Waals surface area (Å²) in [5, 5.41) is 10.7. The predicted molar refractivity (Wildman–Crippen MR) is 77.8 cm³/mol. The lowest BCUT2D eigenvalue weighted by atomic mass is 9.87. The predicted octanol–water partition coefficient (Wildman–Crippen LogP) is 2.71. The Morgan fingerprint density at radius 3 is 2.14 bits per heavy atom. The van der Waals surface area contributed by atoms with E-state index >= 15 is 0 Å². The largest absolute Gasteiger partial charge is 0.497 e. The Kier molecular flexibility index (Phi) is 4.15. The van der Waals surface area contributed by atoms with Crippen LogP contribution in [0, 0.1) is 18.2 Å². The van der Waals surface area contributed by atoms with Gasteiger partial charge in [-0.3, -0.25) is 0 Å². The van der Waals surface area contributed by atoms with Crippen molar-refractivity contribution in [3.8, 4) is 23.8 Å². The van der Waals surface area contributed by atoms with Gasteiger partial charge in [0.05, 0.1) is 14.2 Å². The lowest BCUT2D eigenvalue weighted by Crippen LogP contribution is -2.25. The Balaban J connectivity index is 2.49. The molecule has 108 valence electrons. The summed E-state index contributed by atoms with van der Waals surface area (Å²) in [7, 11) is 2.91. The molecule has 0 radical (unpaired) electrons. The van der Waals surface area contributed by atoms with Crippen LogP contribution in [-0.4, -0.2) is 19.3 Å². The number of terminal acetylenes is 1. The van der Waals surface area contributed by atoms with E-state index in [1.807, 2.05) is 0 Å². The van der Waals surface area contributed by atoms with Gasteiger partial charge in [0.25, 0.3) is 0 Å². The monoisotopic (exact) mass is 286 g/mol. The molecule has 0 aromatic heterocycles. The number of hydrogen-bond donors (Lipinski definition) is 1. The summed E-state index contributed by atoms with van der Waals surface area (Å²) in [5.74, 6) is 2.46. The number of aliphatic hydroxyl groups is 1. The van der Waals surface area contributed by atoms with Crippen LogP contribution in [0.4, 0.5) is 4.39 Å². The Morgan fingerprint density at radius 2 is 1.67 bits per heavy atom. The van der Waals surface area contributed by atoms with Crippen molar-refractivity contribution in [1.29, 1.82) is 0 Å². The molecule has 0 aliphatic rings. The first kappa shape index (κ1) is 14.9. The van der Waals surface area contributed by atoms with E-state index in [9.17, 15) is 9.50 Å². The van der Waals surface area contributed by atoms with E-state index < -0.39 is 11.4 Å². The molecule has 0 saturated carbocycles. The Hall–Kier alpha value is -2.51. The van der Waals surface area contributed by atoms with Crippen LogP contribution in [-0.2, 0) is 5.60 Å². The molecule has 2 aromatic rings. The zero-order valence-electron chi connectivity index (χ0n) is 11.8. The maximum atomic E-state index is 13.8. The fourth-order valence-electron chi connectivity index (χ4n) is 2.06. The zero-order chi connectivity index (χ0) is 15.5. The molecule has 21 heavy (non-hydrogen) atoms. The molecule has 0 bridgehead atoms. The van der Waals surface area contributed by atoms with Crippen molar-refractivity contribution in [2.75, 3.05) is 14.2 Å².